The predicted octanol–water partition coefficient (Wildman–Crippen LogP) is 3.70. The number of carboxylic acid groups (broad SMARTS) is 1. The molecule has 0 aliphatic carbocycles. The van der Waals surface area contributed by atoms with Crippen LogP contribution in [0.15, 0.2) is 63.3 Å². The summed E-state index contributed by atoms with van der Waals surface area (Å²) in [6, 6.07) is 14.5. The van der Waals surface area contributed by atoms with Crippen molar-refractivity contribution in [3.05, 3.63) is 75.5 Å². The zero-order valence-electron chi connectivity index (χ0n) is 15.4. The van der Waals surface area contributed by atoms with Gasteiger partial charge in [0.1, 0.15) is 0 Å². The zero-order valence-corrected chi connectivity index (χ0v) is 17.8. The van der Waals surface area contributed by atoms with E-state index in [1.807, 2.05) is 26.0 Å². The number of halogens is 1. The van der Waals surface area contributed by atoms with Crippen molar-refractivity contribution >= 4 is 39.9 Å². The van der Waals surface area contributed by atoms with Crippen LogP contribution in [-0.2, 0) is 5.75 Å². The molecule has 0 spiro atoms. The Balaban J connectivity index is 1.80. The van der Waals surface area contributed by atoms with E-state index in [0.717, 1.165) is 21.6 Å². The molecule has 0 atom stereocenters. The van der Waals surface area contributed by atoms with Crippen LogP contribution in [0.3, 0.4) is 0 Å². The van der Waals surface area contributed by atoms with Crippen molar-refractivity contribution in [3.8, 4) is 0 Å². The van der Waals surface area contributed by atoms with Crippen molar-refractivity contribution in [1.82, 2.24) is 14.9 Å². The number of hydrogen-bond donors (Lipinski definition) is 0. The molecule has 0 radical (unpaired) electrons. The minimum absolute atomic E-state index is 0.134. The number of carboxylic acids is 1. The lowest BCUT2D eigenvalue weighted by Crippen LogP contribution is -2.21. The Kier molecular flexibility index (Phi) is 6.64. The summed E-state index contributed by atoms with van der Waals surface area (Å²) in [6.07, 6.45) is 1.66. The second-order valence-corrected chi connectivity index (χ2v) is 8.23. The van der Waals surface area contributed by atoms with Crippen molar-refractivity contribution in [2.45, 2.75) is 30.7 Å². The smallest absolute Gasteiger partial charge is 0.212 e. The highest BCUT2D eigenvalue weighted by atomic mass is 79.9. The fourth-order valence-corrected chi connectivity index (χ4v) is 3.51. The second kappa shape index (κ2) is 9.16. The van der Waals surface area contributed by atoms with Gasteiger partial charge in [-0.15, -0.1) is 10.2 Å². The van der Waals surface area contributed by atoms with Crippen LogP contribution in [0.4, 0.5) is 0 Å². The van der Waals surface area contributed by atoms with Gasteiger partial charge in [-0.2, -0.15) is 9.78 Å². The first-order chi connectivity index (χ1) is 13.4. The van der Waals surface area contributed by atoms with Gasteiger partial charge in [-0.1, -0.05) is 77.9 Å². The van der Waals surface area contributed by atoms with Crippen LogP contribution in [0, 0.1) is 0 Å². The molecule has 0 saturated carbocycles. The molecule has 0 fully saturated rings. The largest absolute Gasteiger partial charge is 0.545 e. The molecule has 0 unspecified atom stereocenters. The zero-order chi connectivity index (χ0) is 20.1. The molecular formula is C20H18BrN4O2S-. The number of thioether (sulfide) groups is 1. The molecule has 8 heteroatoms. The number of aromatic carboxylic acids is 1. The monoisotopic (exact) mass is 457 g/mol. The Morgan fingerprint density at radius 3 is 2.46 bits per heavy atom. The molecule has 144 valence electrons. The first-order valence-corrected chi connectivity index (χ1v) is 10.4. The fourth-order valence-electron chi connectivity index (χ4n) is 2.39. The normalized spacial score (nSPS) is 11.4. The molecule has 0 aliphatic rings. The van der Waals surface area contributed by atoms with Gasteiger partial charge in [0.05, 0.1) is 12.2 Å². The van der Waals surface area contributed by atoms with E-state index < -0.39 is 5.97 Å². The van der Waals surface area contributed by atoms with Crippen molar-refractivity contribution in [2.75, 3.05) is 0 Å². The SMILES string of the molecule is CC(C)c1nnc(SCc2ccc(Br)cc2)n1/N=C\c1ccc(C(=O)[O-])cc1. The number of benzene rings is 2. The molecule has 3 rings (SSSR count). The summed E-state index contributed by atoms with van der Waals surface area (Å²) in [4.78, 5) is 10.9. The summed E-state index contributed by atoms with van der Waals surface area (Å²) in [5, 5.41) is 24.7. The highest BCUT2D eigenvalue weighted by Crippen LogP contribution is 2.25. The van der Waals surface area contributed by atoms with Gasteiger partial charge in [0, 0.05) is 16.1 Å². The van der Waals surface area contributed by atoms with Gasteiger partial charge in [0.25, 0.3) is 0 Å². The number of rotatable bonds is 7. The summed E-state index contributed by atoms with van der Waals surface area (Å²) in [5.74, 6) is 0.475. The lowest BCUT2D eigenvalue weighted by molar-refractivity contribution is -0.255. The average molecular weight is 458 g/mol. The van der Waals surface area contributed by atoms with E-state index in [1.165, 1.54) is 17.7 Å². The molecule has 0 saturated heterocycles. The number of carbonyl (C=O) groups excluding carboxylic acids is 1. The molecule has 1 aromatic heterocycles. The van der Waals surface area contributed by atoms with Crippen LogP contribution < -0.4 is 5.11 Å². The average Bonchev–Trinajstić information content (AvgIpc) is 3.09. The van der Waals surface area contributed by atoms with Crippen molar-refractivity contribution in [1.29, 1.82) is 0 Å². The topological polar surface area (TPSA) is 83.2 Å². The maximum atomic E-state index is 10.9. The molecule has 28 heavy (non-hydrogen) atoms. The third kappa shape index (κ3) is 5.08. The summed E-state index contributed by atoms with van der Waals surface area (Å²) in [7, 11) is 0. The number of aromatic nitrogens is 3. The Hall–Kier alpha value is -2.45. The van der Waals surface area contributed by atoms with E-state index in [2.05, 4.69) is 43.4 Å². The minimum Gasteiger partial charge on any atom is -0.545 e. The lowest BCUT2D eigenvalue weighted by Gasteiger charge is -2.07. The summed E-state index contributed by atoms with van der Waals surface area (Å²) in [5.41, 5.74) is 2.09. The Morgan fingerprint density at radius 2 is 1.86 bits per heavy atom. The number of carbonyl (C=O) groups is 1. The quantitative estimate of drug-likeness (QED) is 0.398. The van der Waals surface area contributed by atoms with Crippen LogP contribution in [0.2, 0.25) is 0 Å². The van der Waals surface area contributed by atoms with Crippen LogP contribution in [-0.4, -0.2) is 27.1 Å². The van der Waals surface area contributed by atoms with Gasteiger partial charge in [-0.25, -0.2) is 0 Å². The third-order valence-electron chi connectivity index (χ3n) is 3.90. The van der Waals surface area contributed by atoms with E-state index in [-0.39, 0.29) is 11.5 Å². The van der Waals surface area contributed by atoms with E-state index >= 15 is 0 Å². The molecule has 2 aromatic carbocycles. The van der Waals surface area contributed by atoms with E-state index in [0.29, 0.717) is 5.16 Å². The Morgan fingerprint density at radius 1 is 1.18 bits per heavy atom. The van der Waals surface area contributed by atoms with Crippen molar-refractivity contribution in [3.63, 3.8) is 0 Å². The minimum atomic E-state index is -1.20. The van der Waals surface area contributed by atoms with Crippen LogP contribution >= 0.6 is 27.7 Å². The molecule has 1 heterocycles. The molecular weight excluding hydrogens is 440 g/mol. The standard InChI is InChI=1S/C20H19BrN4O2S/c1-13(2)18-23-24-20(28-12-15-5-9-17(21)10-6-15)25(18)22-11-14-3-7-16(8-4-14)19(26)27/h3-11,13H,12H2,1-2H3,(H,26,27)/p-1/b22-11-. The summed E-state index contributed by atoms with van der Waals surface area (Å²) < 4.78 is 2.78. The lowest BCUT2D eigenvalue weighted by atomic mass is 10.1. The van der Waals surface area contributed by atoms with Gasteiger partial charge >= 0.3 is 0 Å². The second-order valence-electron chi connectivity index (χ2n) is 6.38. The summed E-state index contributed by atoms with van der Waals surface area (Å²) in [6.45, 7) is 4.07. The molecule has 0 bridgehead atoms. The fraction of sp³-hybridized carbons (Fsp3) is 0.200. The maximum Gasteiger partial charge on any atom is 0.212 e. The molecule has 0 amide bonds. The van der Waals surface area contributed by atoms with Gasteiger partial charge < -0.3 is 9.90 Å². The predicted molar refractivity (Wildman–Crippen MR) is 112 cm³/mol. The van der Waals surface area contributed by atoms with E-state index in [4.69, 9.17) is 0 Å². The highest BCUT2D eigenvalue weighted by molar-refractivity contribution is 9.10. The van der Waals surface area contributed by atoms with Crippen molar-refractivity contribution < 1.29 is 9.90 Å². The molecule has 6 nitrogen and oxygen atoms in total. The molecule has 0 N–H and O–H groups in total. The van der Waals surface area contributed by atoms with Crippen LogP contribution in [0.1, 0.15) is 47.1 Å². The third-order valence-corrected chi connectivity index (χ3v) is 5.42. The maximum absolute atomic E-state index is 10.9. The number of nitrogens with zero attached hydrogens (tertiary/aromatic N) is 4. The van der Waals surface area contributed by atoms with E-state index in [1.54, 1.807) is 34.8 Å². The van der Waals surface area contributed by atoms with Crippen molar-refractivity contribution in [2.24, 2.45) is 5.10 Å². The summed E-state index contributed by atoms with van der Waals surface area (Å²) >= 11 is 5.00. The first-order valence-electron chi connectivity index (χ1n) is 8.62. The van der Waals surface area contributed by atoms with E-state index in [9.17, 15) is 9.90 Å². The van der Waals surface area contributed by atoms with Gasteiger partial charge in [-0.3, -0.25) is 0 Å². The highest BCUT2D eigenvalue weighted by Gasteiger charge is 2.15. The molecule has 3 aromatic rings. The van der Waals surface area contributed by atoms with Gasteiger partial charge in [0.15, 0.2) is 5.82 Å². The van der Waals surface area contributed by atoms with Crippen LogP contribution in [0.5, 0.6) is 0 Å². The van der Waals surface area contributed by atoms with Gasteiger partial charge in [-0.05, 0) is 28.8 Å². The Bertz CT molecular complexity index is 982. The Labute approximate surface area is 175 Å². The first kappa shape index (κ1) is 20.3. The van der Waals surface area contributed by atoms with Gasteiger partial charge in [0.2, 0.25) is 5.16 Å². The van der Waals surface area contributed by atoms with Crippen LogP contribution in [0.25, 0.3) is 0 Å². The number of hydrogen-bond acceptors (Lipinski definition) is 6. The molecule has 0 aliphatic heterocycles.